The van der Waals surface area contributed by atoms with Crippen LogP contribution < -0.4 is 5.32 Å². The van der Waals surface area contributed by atoms with Gasteiger partial charge in [-0.05, 0) is 35.7 Å². The topological polar surface area (TPSA) is 50.7 Å². The number of hydrogen-bond donors (Lipinski definition) is 1. The van der Waals surface area contributed by atoms with Gasteiger partial charge in [-0.2, -0.15) is 0 Å². The summed E-state index contributed by atoms with van der Waals surface area (Å²) in [5, 5.41) is 5.52. The Balaban J connectivity index is 1.69. The number of fused-ring (bicyclic) bond motifs is 1. The lowest BCUT2D eigenvalue weighted by molar-refractivity contribution is 0.867. The average molecular weight is 340 g/mol. The van der Waals surface area contributed by atoms with Gasteiger partial charge in [-0.25, -0.2) is 9.97 Å². The van der Waals surface area contributed by atoms with Gasteiger partial charge in [-0.1, -0.05) is 44.2 Å². The van der Waals surface area contributed by atoms with Crippen LogP contribution in [0.3, 0.4) is 0 Å². The normalized spacial score (nSPS) is 11.0. The van der Waals surface area contributed by atoms with Crippen LogP contribution in [0.2, 0.25) is 0 Å². The molecule has 2 heterocycles. The van der Waals surface area contributed by atoms with Crippen LogP contribution in [0.25, 0.3) is 22.0 Å². The van der Waals surface area contributed by atoms with Crippen molar-refractivity contribution in [2.45, 2.75) is 19.8 Å². The van der Waals surface area contributed by atoms with E-state index in [9.17, 15) is 0 Å². The van der Waals surface area contributed by atoms with Crippen molar-refractivity contribution in [2.75, 3.05) is 5.32 Å². The van der Waals surface area contributed by atoms with E-state index >= 15 is 0 Å². The van der Waals surface area contributed by atoms with Crippen LogP contribution in [0.5, 0.6) is 0 Å². The third-order valence-electron chi connectivity index (χ3n) is 4.43. The SMILES string of the molecule is CC(C)c1cccc(-c2ccnc(Nc3cccc4cnccc34)n2)c1. The summed E-state index contributed by atoms with van der Waals surface area (Å²) in [6, 6.07) is 18.5. The maximum absolute atomic E-state index is 4.71. The number of nitrogens with zero attached hydrogens (tertiary/aromatic N) is 3. The van der Waals surface area contributed by atoms with Crippen molar-refractivity contribution in [2.24, 2.45) is 0 Å². The second-order valence-corrected chi connectivity index (χ2v) is 6.57. The predicted molar refractivity (Wildman–Crippen MR) is 107 cm³/mol. The molecule has 128 valence electrons. The fraction of sp³-hybridized carbons (Fsp3) is 0.136. The zero-order valence-electron chi connectivity index (χ0n) is 14.8. The number of benzene rings is 2. The largest absolute Gasteiger partial charge is 0.324 e. The highest BCUT2D eigenvalue weighted by Crippen LogP contribution is 2.26. The number of hydrogen-bond acceptors (Lipinski definition) is 4. The molecule has 2 aromatic heterocycles. The molecule has 4 nitrogen and oxygen atoms in total. The third kappa shape index (κ3) is 3.26. The Hall–Kier alpha value is -3.27. The summed E-state index contributed by atoms with van der Waals surface area (Å²) >= 11 is 0. The molecule has 0 atom stereocenters. The van der Waals surface area contributed by atoms with E-state index in [1.54, 1.807) is 12.4 Å². The zero-order valence-corrected chi connectivity index (χ0v) is 14.8. The summed E-state index contributed by atoms with van der Waals surface area (Å²) in [5.74, 6) is 1.07. The fourth-order valence-electron chi connectivity index (χ4n) is 2.99. The van der Waals surface area contributed by atoms with E-state index in [1.165, 1.54) is 5.56 Å². The first-order valence-corrected chi connectivity index (χ1v) is 8.74. The van der Waals surface area contributed by atoms with Crippen LogP contribution >= 0.6 is 0 Å². The Kier molecular flexibility index (Phi) is 4.32. The van der Waals surface area contributed by atoms with E-state index in [0.717, 1.165) is 27.7 Å². The molecular weight excluding hydrogens is 320 g/mol. The summed E-state index contributed by atoms with van der Waals surface area (Å²) < 4.78 is 0. The van der Waals surface area contributed by atoms with E-state index in [2.05, 4.69) is 53.4 Å². The summed E-state index contributed by atoms with van der Waals surface area (Å²) in [7, 11) is 0. The maximum Gasteiger partial charge on any atom is 0.227 e. The minimum Gasteiger partial charge on any atom is -0.324 e. The van der Waals surface area contributed by atoms with Crippen molar-refractivity contribution < 1.29 is 0 Å². The Bertz CT molecular complexity index is 1050. The Morgan fingerprint density at radius 1 is 0.923 bits per heavy atom. The van der Waals surface area contributed by atoms with Crippen molar-refractivity contribution in [3.8, 4) is 11.3 Å². The first kappa shape index (κ1) is 16.2. The molecular formula is C22H20N4. The van der Waals surface area contributed by atoms with Gasteiger partial charge in [0.15, 0.2) is 0 Å². The lowest BCUT2D eigenvalue weighted by Gasteiger charge is -2.10. The van der Waals surface area contributed by atoms with E-state index in [1.807, 2.05) is 36.5 Å². The van der Waals surface area contributed by atoms with Crippen LogP contribution in [-0.4, -0.2) is 15.0 Å². The van der Waals surface area contributed by atoms with Gasteiger partial charge in [0.05, 0.1) is 5.69 Å². The second kappa shape index (κ2) is 6.92. The van der Waals surface area contributed by atoms with E-state index in [-0.39, 0.29) is 0 Å². The molecule has 0 radical (unpaired) electrons. The molecule has 0 aliphatic heterocycles. The highest BCUT2D eigenvalue weighted by Gasteiger charge is 2.07. The smallest absolute Gasteiger partial charge is 0.227 e. The highest BCUT2D eigenvalue weighted by molar-refractivity contribution is 5.94. The minimum atomic E-state index is 0.485. The number of pyridine rings is 1. The maximum atomic E-state index is 4.71. The molecule has 1 N–H and O–H groups in total. The van der Waals surface area contributed by atoms with Gasteiger partial charge in [0.1, 0.15) is 0 Å². The Morgan fingerprint density at radius 2 is 1.81 bits per heavy atom. The molecule has 4 heteroatoms. The van der Waals surface area contributed by atoms with Crippen molar-refractivity contribution in [1.82, 2.24) is 15.0 Å². The first-order valence-electron chi connectivity index (χ1n) is 8.74. The first-order chi connectivity index (χ1) is 12.7. The van der Waals surface area contributed by atoms with Crippen LogP contribution in [0.4, 0.5) is 11.6 Å². The molecule has 0 saturated carbocycles. The number of rotatable bonds is 4. The van der Waals surface area contributed by atoms with Crippen LogP contribution in [-0.2, 0) is 0 Å². The van der Waals surface area contributed by atoms with Crippen LogP contribution in [0, 0.1) is 0 Å². The zero-order chi connectivity index (χ0) is 17.9. The molecule has 0 unspecified atom stereocenters. The lowest BCUT2D eigenvalue weighted by atomic mass is 10.00. The molecule has 4 rings (SSSR count). The van der Waals surface area contributed by atoms with Gasteiger partial charge in [0.2, 0.25) is 5.95 Å². The molecule has 2 aromatic carbocycles. The van der Waals surface area contributed by atoms with Gasteiger partial charge < -0.3 is 5.32 Å². The molecule has 4 aromatic rings. The number of anilines is 2. The molecule has 0 saturated heterocycles. The van der Waals surface area contributed by atoms with E-state index < -0.39 is 0 Å². The molecule has 0 aliphatic rings. The minimum absolute atomic E-state index is 0.485. The molecule has 0 spiro atoms. The monoisotopic (exact) mass is 340 g/mol. The number of nitrogens with one attached hydrogen (secondary N) is 1. The Morgan fingerprint density at radius 3 is 2.69 bits per heavy atom. The number of aromatic nitrogens is 3. The summed E-state index contributed by atoms with van der Waals surface area (Å²) in [6.45, 7) is 4.39. The highest BCUT2D eigenvalue weighted by atomic mass is 15.1. The predicted octanol–water partition coefficient (Wildman–Crippen LogP) is 5.56. The average Bonchev–Trinajstić information content (AvgIpc) is 2.69. The lowest BCUT2D eigenvalue weighted by Crippen LogP contribution is -1.99. The molecule has 0 bridgehead atoms. The van der Waals surface area contributed by atoms with Crippen molar-refractivity contribution in [3.63, 3.8) is 0 Å². The molecule has 0 amide bonds. The summed E-state index contributed by atoms with van der Waals surface area (Å²) in [5.41, 5.74) is 4.28. The van der Waals surface area contributed by atoms with Crippen molar-refractivity contribution >= 4 is 22.4 Å². The fourth-order valence-corrected chi connectivity index (χ4v) is 2.99. The van der Waals surface area contributed by atoms with Crippen LogP contribution in [0.1, 0.15) is 25.3 Å². The molecule has 0 fully saturated rings. The molecule has 0 aliphatic carbocycles. The summed E-state index contributed by atoms with van der Waals surface area (Å²) in [6.07, 6.45) is 5.44. The summed E-state index contributed by atoms with van der Waals surface area (Å²) in [4.78, 5) is 13.3. The van der Waals surface area contributed by atoms with Crippen molar-refractivity contribution in [3.05, 3.63) is 78.8 Å². The van der Waals surface area contributed by atoms with Gasteiger partial charge in [-0.15, -0.1) is 0 Å². The van der Waals surface area contributed by atoms with Gasteiger partial charge in [0, 0.05) is 40.6 Å². The second-order valence-electron chi connectivity index (χ2n) is 6.57. The van der Waals surface area contributed by atoms with Gasteiger partial charge in [-0.3, -0.25) is 4.98 Å². The quantitative estimate of drug-likeness (QED) is 0.528. The van der Waals surface area contributed by atoms with Gasteiger partial charge in [0.25, 0.3) is 0 Å². The van der Waals surface area contributed by atoms with Crippen LogP contribution in [0.15, 0.2) is 73.2 Å². The Labute approximate surface area is 153 Å². The third-order valence-corrected chi connectivity index (χ3v) is 4.43. The van der Waals surface area contributed by atoms with Gasteiger partial charge >= 0.3 is 0 Å². The van der Waals surface area contributed by atoms with Crippen molar-refractivity contribution in [1.29, 1.82) is 0 Å². The van der Waals surface area contributed by atoms with E-state index in [4.69, 9.17) is 4.98 Å². The standard InChI is InChI=1S/C22H20N4/c1-15(2)16-5-3-6-17(13-16)20-10-12-24-22(25-20)26-21-8-4-7-18-14-23-11-9-19(18)21/h3-15H,1-2H3,(H,24,25,26). The molecule has 26 heavy (non-hydrogen) atoms. The van der Waals surface area contributed by atoms with E-state index in [0.29, 0.717) is 11.9 Å².